The molecule has 1 atom stereocenters. The number of carbonyl (C=O) groups is 1. The normalized spacial score (nSPS) is 31.4. The van der Waals surface area contributed by atoms with Crippen LogP contribution in [0.1, 0.15) is 32.1 Å². The van der Waals surface area contributed by atoms with Crippen molar-refractivity contribution in [3.8, 4) is 0 Å². The molecule has 1 unspecified atom stereocenters. The number of nitrogens with zero attached hydrogens (tertiary/aromatic N) is 1. The lowest BCUT2D eigenvalue weighted by molar-refractivity contribution is -0.126. The van der Waals surface area contributed by atoms with Gasteiger partial charge in [-0.2, -0.15) is 0 Å². The van der Waals surface area contributed by atoms with Gasteiger partial charge in [0.15, 0.2) is 0 Å². The van der Waals surface area contributed by atoms with Crippen molar-refractivity contribution in [1.82, 2.24) is 10.6 Å². The maximum Gasteiger partial charge on any atom is 0.239 e. The highest BCUT2D eigenvalue weighted by molar-refractivity contribution is 5.82. The Morgan fingerprint density at radius 2 is 2.00 bits per heavy atom. The van der Waals surface area contributed by atoms with Gasteiger partial charge in [-0.15, -0.1) is 0 Å². The number of rotatable bonds is 1. The minimum absolute atomic E-state index is 0.0194. The highest BCUT2D eigenvalue weighted by Crippen LogP contribution is 2.27. The molecule has 1 saturated carbocycles. The number of carbonyl (C=O) groups excluding carboxylic acids is 1. The van der Waals surface area contributed by atoms with E-state index in [0.29, 0.717) is 5.92 Å². The van der Waals surface area contributed by atoms with Gasteiger partial charge in [0.25, 0.3) is 0 Å². The Hall–Kier alpha value is -0.570. The van der Waals surface area contributed by atoms with E-state index in [9.17, 15) is 4.79 Å². The van der Waals surface area contributed by atoms with Crippen molar-refractivity contribution in [2.45, 2.75) is 38.1 Å². The van der Waals surface area contributed by atoms with E-state index in [1.54, 1.807) is 0 Å². The highest BCUT2D eigenvalue weighted by atomic mass is 16.2. The maximum atomic E-state index is 11.5. The molecule has 1 aliphatic heterocycles. The summed E-state index contributed by atoms with van der Waals surface area (Å²) < 4.78 is 0. The number of piperazine rings is 1. The molecule has 0 bridgehead atoms. The predicted molar refractivity (Wildman–Crippen MR) is 50.4 cm³/mol. The summed E-state index contributed by atoms with van der Waals surface area (Å²) in [6.45, 7) is 1.55. The largest absolute Gasteiger partial charge is 0.353 e. The van der Waals surface area contributed by atoms with Crippen LogP contribution < -0.4 is 10.6 Å². The second-order valence-electron chi connectivity index (χ2n) is 4.04. The van der Waals surface area contributed by atoms with Gasteiger partial charge in [0.1, 0.15) is 6.04 Å². The molecule has 73 valence electrons. The van der Waals surface area contributed by atoms with Gasteiger partial charge in [0.05, 0.1) is 0 Å². The number of nitrogens with one attached hydrogen (secondary N) is 1. The Labute approximate surface area is 79.3 Å². The van der Waals surface area contributed by atoms with Gasteiger partial charge in [-0.3, -0.25) is 4.79 Å². The minimum Gasteiger partial charge on any atom is -0.353 e. The second-order valence-corrected chi connectivity index (χ2v) is 4.04. The summed E-state index contributed by atoms with van der Waals surface area (Å²) in [5, 5.41) is 7.32. The molecule has 2 aliphatic rings. The van der Waals surface area contributed by atoms with Crippen LogP contribution in [0.25, 0.3) is 0 Å². The smallest absolute Gasteiger partial charge is 0.239 e. The molecule has 13 heavy (non-hydrogen) atoms. The van der Waals surface area contributed by atoms with Crippen molar-refractivity contribution < 1.29 is 4.79 Å². The van der Waals surface area contributed by atoms with Crippen LogP contribution in [0, 0.1) is 5.92 Å². The zero-order valence-corrected chi connectivity index (χ0v) is 7.96. The van der Waals surface area contributed by atoms with E-state index in [1.165, 1.54) is 32.1 Å². The maximum absolute atomic E-state index is 11.5. The first-order valence-electron chi connectivity index (χ1n) is 5.32. The van der Waals surface area contributed by atoms with Crippen LogP contribution in [-0.2, 0) is 4.79 Å². The molecule has 1 saturated heterocycles. The first-order valence-corrected chi connectivity index (χ1v) is 5.32. The van der Waals surface area contributed by atoms with E-state index >= 15 is 0 Å². The quantitative estimate of drug-likeness (QED) is 0.635. The Balaban J connectivity index is 1.92. The molecule has 0 aromatic carbocycles. The molecule has 0 spiro atoms. The zero-order chi connectivity index (χ0) is 9.10. The molecule has 2 rings (SSSR count). The van der Waals surface area contributed by atoms with E-state index in [4.69, 9.17) is 0 Å². The highest BCUT2D eigenvalue weighted by Gasteiger charge is 2.31. The van der Waals surface area contributed by atoms with Crippen LogP contribution in [0.4, 0.5) is 0 Å². The van der Waals surface area contributed by atoms with Crippen LogP contribution in [0.2, 0.25) is 0 Å². The summed E-state index contributed by atoms with van der Waals surface area (Å²) in [4.78, 5) is 11.5. The third-order valence-electron chi connectivity index (χ3n) is 3.10. The summed E-state index contributed by atoms with van der Waals surface area (Å²) in [6.07, 6.45) is 6.29. The topological polar surface area (TPSA) is 43.2 Å². The molecule has 3 nitrogen and oxygen atoms in total. The minimum atomic E-state index is -0.0194. The standard InChI is InChI=1S/C10H17N2O/c13-10-9(11-6-7-12-10)8-4-2-1-3-5-8/h8-9H,1-7H2,(H,12,13). The molecule has 0 aromatic heterocycles. The second kappa shape index (κ2) is 4.09. The molecule has 2 fully saturated rings. The van der Waals surface area contributed by atoms with Crippen molar-refractivity contribution in [1.29, 1.82) is 0 Å². The number of hydrogen-bond donors (Lipinski definition) is 1. The van der Waals surface area contributed by atoms with E-state index in [0.717, 1.165) is 13.1 Å². The van der Waals surface area contributed by atoms with E-state index < -0.39 is 0 Å². The first-order chi connectivity index (χ1) is 6.38. The van der Waals surface area contributed by atoms with E-state index in [-0.39, 0.29) is 11.9 Å². The lowest BCUT2D eigenvalue weighted by Crippen LogP contribution is -2.52. The summed E-state index contributed by atoms with van der Waals surface area (Å²) >= 11 is 0. The fourth-order valence-electron chi connectivity index (χ4n) is 2.38. The molecule has 1 radical (unpaired) electrons. The molecule has 1 N–H and O–H groups in total. The summed E-state index contributed by atoms with van der Waals surface area (Å²) in [7, 11) is 0. The van der Waals surface area contributed by atoms with Gasteiger partial charge in [0.2, 0.25) is 5.91 Å². The summed E-state index contributed by atoms with van der Waals surface area (Å²) in [5.74, 6) is 0.701. The molecule has 1 heterocycles. The van der Waals surface area contributed by atoms with Gasteiger partial charge < -0.3 is 5.32 Å². The van der Waals surface area contributed by atoms with Crippen LogP contribution in [0.3, 0.4) is 0 Å². The van der Waals surface area contributed by atoms with Crippen molar-refractivity contribution in [2.24, 2.45) is 5.92 Å². The van der Waals surface area contributed by atoms with Crippen molar-refractivity contribution in [2.75, 3.05) is 13.1 Å². The first kappa shape index (κ1) is 9.00. The predicted octanol–water partition coefficient (Wildman–Crippen LogP) is 0.669. The number of hydrogen-bond acceptors (Lipinski definition) is 1. The van der Waals surface area contributed by atoms with Crippen molar-refractivity contribution in [3.05, 3.63) is 0 Å². The van der Waals surface area contributed by atoms with Gasteiger partial charge in [0, 0.05) is 13.1 Å². The molecule has 1 amide bonds. The monoisotopic (exact) mass is 181 g/mol. The SMILES string of the molecule is O=C1NCC[N]C1C1CCCCC1. The van der Waals surface area contributed by atoms with E-state index in [2.05, 4.69) is 10.6 Å². The van der Waals surface area contributed by atoms with Gasteiger partial charge in [-0.25, -0.2) is 5.32 Å². The van der Waals surface area contributed by atoms with Crippen LogP contribution in [0.5, 0.6) is 0 Å². The third-order valence-corrected chi connectivity index (χ3v) is 3.10. The summed E-state index contributed by atoms with van der Waals surface area (Å²) in [6, 6.07) is -0.0194. The van der Waals surface area contributed by atoms with Crippen LogP contribution in [-0.4, -0.2) is 25.0 Å². The Kier molecular flexibility index (Phi) is 2.83. The molecule has 1 aliphatic carbocycles. The lowest BCUT2D eigenvalue weighted by Gasteiger charge is -2.31. The van der Waals surface area contributed by atoms with Gasteiger partial charge in [-0.1, -0.05) is 19.3 Å². The average molecular weight is 181 g/mol. The van der Waals surface area contributed by atoms with Crippen molar-refractivity contribution in [3.63, 3.8) is 0 Å². The fraction of sp³-hybridized carbons (Fsp3) is 0.900. The van der Waals surface area contributed by atoms with Crippen LogP contribution >= 0.6 is 0 Å². The van der Waals surface area contributed by atoms with E-state index in [1.807, 2.05) is 0 Å². The lowest BCUT2D eigenvalue weighted by atomic mass is 9.83. The van der Waals surface area contributed by atoms with Crippen LogP contribution in [0.15, 0.2) is 0 Å². The third kappa shape index (κ3) is 2.02. The number of amides is 1. The average Bonchev–Trinajstić information content (AvgIpc) is 2.20. The molecular weight excluding hydrogens is 164 g/mol. The zero-order valence-electron chi connectivity index (χ0n) is 7.96. The van der Waals surface area contributed by atoms with Gasteiger partial charge >= 0.3 is 0 Å². The Morgan fingerprint density at radius 1 is 1.23 bits per heavy atom. The molecule has 0 aromatic rings. The Morgan fingerprint density at radius 3 is 2.69 bits per heavy atom. The van der Waals surface area contributed by atoms with Gasteiger partial charge in [-0.05, 0) is 18.8 Å². The Bertz CT molecular complexity index is 187. The fourth-order valence-corrected chi connectivity index (χ4v) is 2.38. The molecule has 3 heteroatoms. The molecular formula is C10H17N2O. The van der Waals surface area contributed by atoms with Crippen molar-refractivity contribution >= 4 is 5.91 Å². The summed E-state index contributed by atoms with van der Waals surface area (Å²) in [5.41, 5.74) is 0.